The van der Waals surface area contributed by atoms with Crippen LogP contribution in [0.4, 0.5) is 5.69 Å². The number of carbonyl (C=O) groups excluding carboxylic acids is 1. The van der Waals surface area contributed by atoms with Gasteiger partial charge in [-0.2, -0.15) is 0 Å². The molecule has 0 spiro atoms. The van der Waals surface area contributed by atoms with Crippen LogP contribution in [-0.4, -0.2) is 26.7 Å². The molecule has 0 atom stereocenters. The van der Waals surface area contributed by atoms with Crippen LogP contribution >= 0.6 is 11.6 Å². The molecule has 0 fully saturated rings. The van der Waals surface area contributed by atoms with E-state index in [1.54, 1.807) is 6.33 Å². The smallest absolute Gasteiger partial charge is 0.164 e. The highest BCUT2D eigenvalue weighted by Gasteiger charge is 2.07. The minimum atomic E-state index is -0.239. The average Bonchev–Trinajstić information content (AvgIpc) is 2.98. The van der Waals surface area contributed by atoms with Crippen LogP contribution in [0.25, 0.3) is 16.7 Å². The Morgan fingerprint density at radius 2 is 1.92 bits per heavy atom. The normalized spacial score (nSPS) is 12.6. The molecule has 1 N–H and O–H groups in total. The molecule has 0 aliphatic heterocycles. The molecular formula is C19H16ClN3O2. The lowest BCUT2D eigenvalue weighted by Gasteiger charge is -2.04. The Morgan fingerprint density at radius 1 is 1.20 bits per heavy atom. The first-order valence-electron chi connectivity index (χ1n) is 7.63. The van der Waals surface area contributed by atoms with Crippen LogP contribution in [0.2, 0.25) is 5.02 Å². The molecule has 0 saturated carbocycles. The van der Waals surface area contributed by atoms with Gasteiger partial charge in [0.25, 0.3) is 0 Å². The standard InChI is InChI=1S/C19H16ClN3O2/c1-12(24)17(13(2)25)10-21-15-5-8-19-18(9-15)22-11-23(19)16-6-3-14(20)4-7-16/h3-11,24H,1-2H3. The first-order valence-corrected chi connectivity index (χ1v) is 8.01. The average molecular weight is 354 g/mol. The van der Waals surface area contributed by atoms with Crippen molar-refractivity contribution in [3.63, 3.8) is 0 Å². The predicted molar refractivity (Wildman–Crippen MR) is 100 cm³/mol. The SMILES string of the molecule is CC(=O)C(C=Nc1ccc2c(c1)ncn2-c1ccc(Cl)cc1)=C(C)O. The number of halogens is 1. The minimum Gasteiger partial charge on any atom is -0.512 e. The zero-order chi connectivity index (χ0) is 18.0. The fourth-order valence-corrected chi connectivity index (χ4v) is 2.59. The third-order valence-electron chi connectivity index (χ3n) is 3.75. The van der Waals surface area contributed by atoms with Gasteiger partial charge in [-0.1, -0.05) is 11.6 Å². The number of carbonyl (C=O) groups is 1. The number of fused-ring (bicyclic) bond motifs is 1. The van der Waals surface area contributed by atoms with Gasteiger partial charge >= 0.3 is 0 Å². The maximum absolute atomic E-state index is 11.5. The molecule has 0 radical (unpaired) electrons. The largest absolute Gasteiger partial charge is 0.512 e. The molecule has 0 amide bonds. The molecule has 0 unspecified atom stereocenters. The first kappa shape index (κ1) is 16.9. The third kappa shape index (κ3) is 3.61. The number of imidazole rings is 1. The van der Waals surface area contributed by atoms with Crippen LogP contribution < -0.4 is 0 Å². The molecule has 0 aliphatic rings. The molecule has 25 heavy (non-hydrogen) atoms. The number of benzene rings is 2. The summed E-state index contributed by atoms with van der Waals surface area (Å²) in [5.41, 5.74) is 3.50. The van der Waals surface area contributed by atoms with E-state index in [2.05, 4.69) is 9.98 Å². The number of rotatable bonds is 4. The van der Waals surface area contributed by atoms with Crippen LogP contribution in [0.3, 0.4) is 0 Å². The van der Waals surface area contributed by atoms with Crippen molar-refractivity contribution in [2.75, 3.05) is 0 Å². The van der Waals surface area contributed by atoms with Gasteiger partial charge in [-0.05, 0) is 56.3 Å². The summed E-state index contributed by atoms with van der Waals surface area (Å²) in [4.78, 5) is 20.1. The summed E-state index contributed by atoms with van der Waals surface area (Å²) in [6, 6.07) is 13.1. The van der Waals surface area contributed by atoms with Crippen molar-refractivity contribution in [3.05, 3.63) is 65.1 Å². The Balaban J connectivity index is 1.96. The van der Waals surface area contributed by atoms with Gasteiger partial charge in [-0.25, -0.2) is 4.98 Å². The lowest BCUT2D eigenvalue weighted by atomic mass is 10.2. The number of aliphatic imine (C=N–C) groups is 1. The molecular weight excluding hydrogens is 338 g/mol. The number of hydrogen-bond acceptors (Lipinski definition) is 4. The molecule has 0 saturated heterocycles. The van der Waals surface area contributed by atoms with Gasteiger partial charge in [0.05, 0.1) is 22.3 Å². The second kappa shape index (κ2) is 6.91. The topological polar surface area (TPSA) is 67.5 Å². The number of ketones is 1. The summed E-state index contributed by atoms with van der Waals surface area (Å²) in [7, 11) is 0. The van der Waals surface area contributed by atoms with E-state index in [1.807, 2.05) is 47.0 Å². The van der Waals surface area contributed by atoms with Crippen LogP contribution in [0.15, 0.2) is 65.1 Å². The second-order valence-electron chi connectivity index (χ2n) is 5.58. The summed E-state index contributed by atoms with van der Waals surface area (Å²) in [6.07, 6.45) is 3.11. The van der Waals surface area contributed by atoms with Gasteiger partial charge in [-0.15, -0.1) is 0 Å². The van der Waals surface area contributed by atoms with E-state index in [9.17, 15) is 9.90 Å². The number of hydrogen-bond donors (Lipinski definition) is 1. The monoisotopic (exact) mass is 353 g/mol. The van der Waals surface area contributed by atoms with Crippen LogP contribution in [0, 0.1) is 0 Å². The number of nitrogens with zero attached hydrogens (tertiary/aromatic N) is 3. The third-order valence-corrected chi connectivity index (χ3v) is 4.00. The van der Waals surface area contributed by atoms with Crippen molar-refractivity contribution in [1.29, 1.82) is 0 Å². The van der Waals surface area contributed by atoms with Crippen molar-refractivity contribution in [1.82, 2.24) is 9.55 Å². The Labute approximate surface area is 149 Å². The van der Waals surface area contributed by atoms with Crippen molar-refractivity contribution >= 4 is 40.3 Å². The lowest BCUT2D eigenvalue weighted by molar-refractivity contribution is -0.113. The lowest BCUT2D eigenvalue weighted by Crippen LogP contribution is -2.01. The summed E-state index contributed by atoms with van der Waals surface area (Å²) < 4.78 is 1.96. The summed E-state index contributed by atoms with van der Waals surface area (Å²) in [6.45, 7) is 2.85. The second-order valence-corrected chi connectivity index (χ2v) is 6.01. The highest BCUT2D eigenvalue weighted by molar-refractivity contribution is 6.30. The number of aliphatic hydroxyl groups excluding tert-OH is 1. The fraction of sp³-hybridized carbons (Fsp3) is 0.105. The molecule has 6 heteroatoms. The van der Waals surface area contributed by atoms with Crippen molar-refractivity contribution in [3.8, 4) is 5.69 Å². The van der Waals surface area contributed by atoms with Gasteiger partial charge in [0.1, 0.15) is 12.1 Å². The predicted octanol–water partition coefficient (Wildman–Crippen LogP) is 4.80. The molecule has 3 aromatic rings. The van der Waals surface area contributed by atoms with Crippen LogP contribution in [0.1, 0.15) is 13.8 Å². The number of Topliss-reactive ketones (excluding diaryl/α,β-unsaturated/α-hetero) is 1. The Morgan fingerprint density at radius 3 is 2.56 bits per heavy atom. The molecule has 1 heterocycles. The van der Waals surface area contributed by atoms with E-state index >= 15 is 0 Å². The zero-order valence-electron chi connectivity index (χ0n) is 13.8. The van der Waals surface area contributed by atoms with Crippen molar-refractivity contribution < 1.29 is 9.90 Å². The van der Waals surface area contributed by atoms with Crippen molar-refractivity contribution in [2.45, 2.75) is 13.8 Å². The molecule has 2 aromatic carbocycles. The van der Waals surface area contributed by atoms with Crippen molar-refractivity contribution in [2.24, 2.45) is 4.99 Å². The van der Waals surface area contributed by atoms with E-state index in [4.69, 9.17) is 11.6 Å². The molecule has 5 nitrogen and oxygen atoms in total. The molecule has 3 rings (SSSR count). The van der Waals surface area contributed by atoms with Crippen LogP contribution in [-0.2, 0) is 4.79 Å². The Kier molecular flexibility index (Phi) is 4.67. The van der Waals surface area contributed by atoms with E-state index < -0.39 is 0 Å². The first-order chi connectivity index (χ1) is 12.0. The number of aliphatic hydroxyl groups is 1. The van der Waals surface area contributed by atoms with Gasteiger partial charge in [0, 0.05) is 16.9 Å². The van der Waals surface area contributed by atoms with Gasteiger partial charge in [-0.3, -0.25) is 14.4 Å². The Hall–Kier alpha value is -2.92. The van der Waals surface area contributed by atoms with E-state index in [1.165, 1.54) is 20.1 Å². The van der Waals surface area contributed by atoms with Crippen LogP contribution in [0.5, 0.6) is 0 Å². The summed E-state index contributed by atoms with van der Waals surface area (Å²) in [5.74, 6) is -0.291. The van der Waals surface area contributed by atoms with Gasteiger partial charge in [0.2, 0.25) is 0 Å². The molecule has 0 bridgehead atoms. The molecule has 126 valence electrons. The maximum atomic E-state index is 11.5. The minimum absolute atomic E-state index is 0.0515. The zero-order valence-corrected chi connectivity index (χ0v) is 14.5. The number of aromatic nitrogens is 2. The highest BCUT2D eigenvalue weighted by Crippen LogP contribution is 2.24. The Bertz CT molecular complexity index is 997. The van der Waals surface area contributed by atoms with Gasteiger partial charge < -0.3 is 5.11 Å². The summed E-state index contributed by atoms with van der Waals surface area (Å²) in [5, 5.41) is 10.2. The fourth-order valence-electron chi connectivity index (χ4n) is 2.47. The van der Waals surface area contributed by atoms with E-state index in [0.717, 1.165) is 16.7 Å². The van der Waals surface area contributed by atoms with E-state index in [0.29, 0.717) is 10.7 Å². The number of allylic oxidation sites excluding steroid dienone is 2. The molecule has 0 aliphatic carbocycles. The van der Waals surface area contributed by atoms with Gasteiger partial charge in [0.15, 0.2) is 5.78 Å². The quantitative estimate of drug-likeness (QED) is 0.416. The highest BCUT2D eigenvalue weighted by atomic mass is 35.5. The van der Waals surface area contributed by atoms with E-state index in [-0.39, 0.29) is 17.1 Å². The maximum Gasteiger partial charge on any atom is 0.164 e. The molecule has 1 aromatic heterocycles. The summed E-state index contributed by atoms with van der Waals surface area (Å²) >= 11 is 5.93.